The zero-order valence-corrected chi connectivity index (χ0v) is 11.4. The van der Waals surface area contributed by atoms with E-state index in [0.29, 0.717) is 12.2 Å². The molecule has 1 amide bonds. The number of primary amides is 1. The van der Waals surface area contributed by atoms with E-state index in [0.717, 1.165) is 19.3 Å². The standard InChI is InChI=1S/C13H19N3O4/c1-15(7-3-2-4-8-17)11-6-5-10(13(14)18)9-12(11)16(19)20/h5-6,9,17H,2-4,7-8H2,1H3,(H2,14,18). The van der Waals surface area contributed by atoms with Crippen LogP contribution in [-0.4, -0.2) is 36.1 Å². The summed E-state index contributed by atoms with van der Waals surface area (Å²) in [5.74, 6) is -0.690. The average Bonchev–Trinajstić information content (AvgIpc) is 2.42. The van der Waals surface area contributed by atoms with Crippen molar-refractivity contribution < 1.29 is 14.8 Å². The largest absolute Gasteiger partial charge is 0.396 e. The van der Waals surface area contributed by atoms with Crippen molar-refractivity contribution in [2.24, 2.45) is 5.73 Å². The zero-order valence-electron chi connectivity index (χ0n) is 11.4. The number of unbranched alkanes of at least 4 members (excludes halogenated alkanes) is 2. The normalized spacial score (nSPS) is 10.3. The number of anilines is 1. The molecule has 1 aromatic carbocycles. The van der Waals surface area contributed by atoms with Gasteiger partial charge in [-0.25, -0.2) is 0 Å². The predicted octanol–water partition coefficient (Wildman–Crippen LogP) is 1.29. The fourth-order valence-electron chi connectivity index (χ4n) is 1.90. The molecule has 0 radical (unpaired) electrons. The first-order chi connectivity index (χ1) is 9.47. The number of carbonyl (C=O) groups is 1. The number of benzene rings is 1. The Labute approximate surface area is 117 Å². The Hall–Kier alpha value is -2.15. The summed E-state index contributed by atoms with van der Waals surface area (Å²) < 4.78 is 0. The minimum Gasteiger partial charge on any atom is -0.396 e. The molecule has 0 saturated heterocycles. The van der Waals surface area contributed by atoms with E-state index in [1.807, 2.05) is 0 Å². The van der Waals surface area contributed by atoms with Crippen molar-refractivity contribution in [3.05, 3.63) is 33.9 Å². The number of carbonyl (C=O) groups excluding carboxylic acids is 1. The Kier molecular flexibility index (Phi) is 5.92. The van der Waals surface area contributed by atoms with Crippen LogP contribution in [-0.2, 0) is 0 Å². The molecule has 3 N–H and O–H groups in total. The maximum atomic E-state index is 11.1. The minimum absolute atomic E-state index is 0.120. The van der Waals surface area contributed by atoms with Gasteiger partial charge in [0.2, 0.25) is 5.91 Å². The van der Waals surface area contributed by atoms with Crippen molar-refractivity contribution in [3.63, 3.8) is 0 Å². The SMILES string of the molecule is CN(CCCCCO)c1ccc(C(N)=O)cc1[N+](=O)[O-]. The Bertz CT molecular complexity index is 491. The smallest absolute Gasteiger partial charge is 0.293 e. The second-order valence-corrected chi connectivity index (χ2v) is 4.53. The number of aliphatic hydroxyl groups is 1. The minimum atomic E-state index is -0.690. The van der Waals surface area contributed by atoms with E-state index in [1.165, 1.54) is 18.2 Å². The van der Waals surface area contributed by atoms with Gasteiger partial charge in [0, 0.05) is 31.8 Å². The lowest BCUT2D eigenvalue weighted by atomic mass is 10.1. The maximum absolute atomic E-state index is 11.1. The molecular weight excluding hydrogens is 262 g/mol. The summed E-state index contributed by atoms with van der Waals surface area (Å²) in [5.41, 5.74) is 5.56. The van der Waals surface area contributed by atoms with Crippen molar-refractivity contribution in [2.45, 2.75) is 19.3 Å². The number of nitro benzene ring substituents is 1. The lowest BCUT2D eigenvalue weighted by Crippen LogP contribution is -2.20. The van der Waals surface area contributed by atoms with Gasteiger partial charge in [0.15, 0.2) is 0 Å². The number of aliphatic hydroxyl groups excluding tert-OH is 1. The third-order valence-electron chi connectivity index (χ3n) is 3.02. The number of hydrogen-bond acceptors (Lipinski definition) is 5. The fraction of sp³-hybridized carbons (Fsp3) is 0.462. The van der Waals surface area contributed by atoms with Gasteiger partial charge in [-0.05, 0) is 31.4 Å². The van der Waals surface area contributed by atoms with E-state index < -0.39 is 10.8 Å². The van der Waals surface area contributed by atoms with Crippen LogP contribution in [0.25, 0.3) is 0 Å². The first-order valence-electron chi connectivity index (χ1n) is 6.37. The second-order valence-electron chi connectivity index (χ2n) is 4.53. The Morgan fingerprint density at radius 2 is 2.10 bits per heavy atom. The lowest BCUT2D eigenvalue weighted by Gasteiger charge is -2.19. The molecular formula is C13H19N3O4. The molecule has 0 aromatic heterocycles. The van der Waals surface area contributed by atoms with Crippen molar-refractivity contribution in [1.82, 2.24) is 0 Å². The van der Waals surface area contributed by atoms with Crippen molar-refractivity contribution in [2.75, 3.05) is 25.1 Å². The third kappa shape index (κ3) is 4.20. The number of nitro groups is 1. The topological polar surface area (TPSA) is 110 Å². The molecule has 0 saturated carbocycles. The van der Waals surface area contributed by atoms with Crippen LogP contribution in [0.4, 0.5) is 11.4 Å². The van der Waals surface area contributed by atoms with E-state index in [1.54, 1.807) is 11.9 Å². The number of hydrogen-bond donors (Lipinski definition) is 2. The van der Waals surface area contributed by atoms with Crippen LogP contribution in [0.3, 0.4) is 0 Å². The van der Waals surface area contributed by atoms with Crippen molar-refractivity contribution in [1.29, 1.82) is 0 Å². The summed E-state index contributed by atoms with van der Waals surface area (Å²) in [6.07, 6.45) is 2.40. The first kappa shape index (κ1) is 15.9. The highest BCUT2D eigenvalue weighted by Crippen LogP contribution is 2.28. The van der Waals surface area contributed by atoms with Gasteiger partial charge in [-0.1, -0.05) is 0 Å². The average molecular weight is 281 g/mol. The third-order valence-corrected chi connectivity index (χ3v) is 3.02. The monoisotopic (exact) mass is 281 g/mol. The molecule has 0 aliphatic carbocycles. The van der Waals surface area contributed by atoms with Gasteiger partial charge in [0.1, 0.15) is 5.69 Å². The van der Waals surface area contributed by atoms with Gasteiger partial charge in [-0.2, -0.15) is 0 Å². The number of rotatable bonds is 8. The molecule has 1 aromatic rings. The van der Waals surface area contributed by atoms with Gasteiger partial charge < -0.3 is 15.7 Å². The molecule has 7 heteroatoms. The summed E-state index contributed by atoms with van der Waals surface area (Å²) in [7, 11) is 1.76. The van der Waals surface area contributed by atoms with Crippen LogP contribution in [0.2, 0.25) is 0 Å². The number of amides is 1. The summed E-state index contributed by atoms with van der Waals surface area (Å²) in [5, 5.41) is 19.8. The number of nitrogens with two attached hydrogens (primary N) is 1. The first-order valence-corrected chi connectivity index (χ1v) is 6.37. The van der Waals surface area contributed by atoms with Crippen LogP contribution in [0.15, 0.2) is 18.2 Å². The molecule has 0 atom stereocenters. The Balaban J connectivity index is 2.87. The molecule has 7 nitrogen and oxygen atoms in total. The van der Waals surface area contributed by atoms with E-state index in [9.17, 15) is 14.9 Å². The summed E-state index contributed by atoms with van der Waals surface area (Å²) >= 11 is 0. The van der Waals surface area contributed by atoms with Crippen molar-refractivity contribution >= 4 is 17.3 Å². The summed E-state index contributed by atoms with van der Waals surface area (Å²) in [6, 6.07) is 4.21. The highest BCUT2D eigenvalue weighted by atomic mass is 16.6. The molecule has 0 fully saturated rings. The van der Waals surface area contributed by atoms with Gasteiger partial charge in [0.05, 0.1) is 4.92 Å². The maximum Gasteiger partial charge on any atom is 0.293 e. The van der Waals surface area contributed by atoms with E-state index in [2.05, 4.69) is 0 Å². The van der Waals surface area contributed by atoms with Crippen molar-refractivity contribution in [3.8, 4) is 0 Å². The van der Waals surface area contributed by atoms with Gasteiger partial charge in [-0.3, -0.25) is 14.9 Å². The van der Waals surface area contributed by atoms with Crippen LogP contribution in [0.1, 0.15) is 29.6 Å². The zero-order chi connectivity index (χ0) is 15.1. The molecule has 0 aliphatic rings. The molecule has 0 spiro atoms. The Morgan fingerprint density at radius 3 is 2.65 bits per heavy atom. The molecule has 1 rings (SSSR count). The van der Waals surface area contributed by atoms with Crippen LogP contribution in [0.5, 0.6) is 0 Å². The molecule has 0 aliphatic heterocycles. The van der Waals surface area contributed by atoms with Gasteiger partial charge in [-0.15, -0.1) is 0 Å². The highest BCUT2D eigenvalue weighted by Gasteiger charge is 2.19. The predicted molar refractivity (Wildman–Crippen MR) is 75.8 cm³/mol. The number of nitrogens with zero attached hydrogens (tertiary/aromatic N) is 2. The van der Waals surface area contributed by atoms with Gasteiger partial charge in [0.25, 0.3) is 5.69 Å². The summed E-state index contributed by atoms with van der Waals surface area (Å²) in [4.78, 5) is 23.4. The molecule has 0 bridgehead atoms. The Morgan fingerprint density at radius 1 is 1.40 bits per heavy atom. The van der Waals surface area contributed by atoms with Crippen LogP contribution >= 0.6 is 0 Å². The second kappa shape index (κ2) is 7.44. The van der Waals surface area contributed by atoms with E-state index in [-0.39, 0.29) is 17.9 Å². The molecule has 0 unspecified atom stereocenters. The van der Waals surface area contributed by atoms with E-state index >= 15 is 0 Å². The van der Waals surface area contributed by atoms with Crippen LogP contribution in [0, 0.1) is 10.1 Å². The highest BCUT2D eigenvalue weighted by molar-refractivity contribution is 5.94. The quantitative estimate of drug-likeness (QED) is 0.424. The van der Waals surface area contributed by atoms with Gasteiger partial charge >= 0.3 is 0 Å². The lowest BCUT2D eigenvalue weighted by molar-refractivity contribution is -0.384. The van der Waals surface area contributed by atoms with E-state index in [4.69, 9.17) is 10.8 Å². The molecule has 20 heavy (non-hydrogen) atoms. The molecule has 0 heterocycles. The summed E-state index contributed by atoms with van der Waals surface area (Å²) in [6.45, 7) is 0.786. The molecule has 110 valence electrons. The fourth-order valence-corrected chi connectivity index (χ4v) is 1.90. The van der Waals surface area contributed by atoms with Crippen LogP contribution < -0.4 is 10.6 Å².